The van der Waals surface area contributed by atoms with Gasteiger partial charge in [0.25, 0.3) is 0 Å². The van der Waals surface area contributed by atoms with Crippen LogP contribution in [0.2, 0.25) is 0 Å². The van der Waals surface area contributed by atoms with E-state index in [0.717, 1.165) is 29.2 Å². The predicted molar refractivity (Wildman–Crippen MR) is 119 cm³/mol. The summed E-state index contributed by atoms with van der Waals surface area (Å²) in [6.07, 6.45) is 2.63. The molecule has 0 aliphatic carbocycles. The van der Waals surface area contributed by atoms with Gasteiger partial charge in [0, 0.05) is 28.9 Å². The number of piperidine rings is 1. The first-order chi connectivity index (χ1) is 12.5. The van der Waals surface area contributed by atoms with Crippen LogP contribution in [0, 0.1) is 5.92 Å². The van der Waals surface area contributed by atoms with E-state index in [1.165, 1.54) is 24.1 Å². The maximum atomic E-state index is 5.45. The van der Waals surface area contributed by atoms with E-state index in [-0.39, 0.29) is 6.04 Å². The van der Waals surface area contributed by atoms with Gasteiger partial charge in [-0.1, -0.05) is 41.1 Å². The van der Waals surface area contributed by atoms with Crippen LogP contribution in [-0.4, -0.2) is 18.2 Å². The number of anilines is 2. The molecule has 5 heteroatoms. The third kappa shape index (κ3) is 5.21. The van der Waals surface area contributed by atoms with Crippen LogP contribution in [0.5, 0.6) is 0 Å². The van der Waals surface area contributed by atoms with Crippen LogP contribution in [0.15, 0.2) is 53.0 Å². The molecule has 1 aliphatic rings. The summed E-state index contributed by atoms with van der Waals surface area (Å²) in [4.78, 5) is 2.50. The smallest absolute Gasteiger partial charge is 0.171 e. The van der Waals surface area contributed by atoms with Gasteiger partial charge in [0.05, 0.1) is 6.04 Å². The Morgan fingerprint density at radius 3 is 2.69 bits per heavy atom. The number of rotatable bonds is 4. The van der Waals surface area contributed by atoms with Crippen LogP contribution in [0.3, 0.4) is 0 Å². The maximum absolute atomic E-state index is 5.45. The lowest BCUT2D eigenvalue weighted by molar-refractivity contribution is 0.447. The molecule has 0 spiro atoms. The minimum Gasteiger partial charge on any atom is -0.371 e. The van der Waals surface area contributed by atoms with Crippen molar-refractivity contribution in [3.05, 3.63) is 58.6 Å². The minimum absolute atomic E-state index is 0.150. The number of nitrogens with one attached hydrogen (secondary N) is 2. The lowest BCUT2D eigenvalue weighted by Gasteiger charge is -2.33. The summed E-state index contributed by atoms with van der Waals surface area (Å²) >= 11 is 8.93. The Balaban J connectivity index is 1.57. The summed E-state index contributed by atoms with van der Waals surface area (Å²) in [6, 6.07) is 17.0. The zero-order valence-electron chi connectivity index (χ0n) is 15.3. The molecule has 0 saturated carbocycles. The molecule has 2 atom stereocenters. The fraction of sp³-hybridized carbons (Fsp3) is 0.381. The fourth-order valence-corrected chi connectivity index (χ4v) is 4.10. The van der Waals surface area contributed by atoms with Gasteiger partial charge in [0.1, 0.15) is 0 Å². The van der Waals surface area contributed by atoms with Gasteiger partial charge in [-0.05, 0) is 73.8 Å². The highest BCUT2D eigenvalue weighted by Gasteiger charge is 2.17. The number of halogens is 1. The molecule has 0 bridgehead atoms. The first-order valence-corrected chi connectivity index (χ1v) is 10.4. The van der Waals surface area contributed by atoms with Crippen molar-refractivity contribution >= 4 is 44.6 Å². The molecule has 2 N–H and O–H groups in total. The monoisotopic (exact) mass is 431 g/mol. The van der Waals surface area contributed by atoms with Crippen molar-refractivity contribution in [2.45, 2.75) is 32.7 Å². The van der Waals surface area contributed by atoms with Crippen LogP contribution in [0.4, 0.5) is 11.4 Å². The minimum atomic E-state index is 0.150. The van der Waals surface area contributed by atoms with Gasteiger partial charge in [-0.25, -0.2) is 0 Å². The Kier molecular flexibility index (Phi) is 6.54. The van der Waals surface area contributed by atoms with Crippen LogP contribution in [0.1, 0.15) is 38.3 Å². The topological polar surface area (TPSA) is 27.3 Å². The second-order valence-corrected chi connectivity index (χ2v) is 8.44. The Hall–Kier alpha value is -1.59. The molecule has 1 heterocycles. The summed E-state index contributed by atoms with van der Waals surface area (Å²) in [5.41, 5.74) is 3.53. The highest BCUT2D eigenvalue weighted by Crippen LogP contribution is 2.24. The standard InChI is InChI=1S/C21H26BrN3S/c1-15-5-4-12-25(14-15)20-10-8-17(9-11-20)16(2)23-21(26)24-19-7-3-6-18(22)13-19/h3,6-11,13,15-16H,4-5,12,14H2,1-2H3,(H2,23,24,26)/t15-,16+/m1/s1. The lowest BCUT2D eigenvalue weighted by Crippen LogP contribution is -2.34. The first-order valence-electron chi connectivity index (χ1n) is 9.19. The van der Waals surface area contributed by atoms with Crippen molar-refractivity contribution in [1.29, 1.82) is 0 Å². The predicted octanol–water partition coefficient (Wildman–Crippen LogP) is 5.73. The van der Waals surface area contributed by atoms with E-state index in [1.807, 2.05) is 24.3 Å². The molecular formula is C21H26BrN3S. The van der Waals surface area contributed by atoms with Crippen molar-refractivity contribution in [1.82, 2.24) is 5.32 Å². The van der Waals surface area contributed by atoms with E-state index in [2.05, 4.69) is 69.6 Å². The summed E-state index contributed by atoms with van der Waals surface area (Å²) in [5, 5.41) is 7.22. The van der Waals surface area contributed by atoms with Crippen LogP contribution in [-0.2, 0) is 0 Å². The quantitative estimate of drug-likeness (QED) is 0.603. The van der Waals surface area contributed by atoms with Gasteiger partial charge in [-0.15, -0.1) is 0 Å². The van der Waals surface area contributed by atoms with Gasteiger partial charge in [-0.3, -0.25) is 0 Å². The van der Waals surface area contributed by atoms with E-state index >= 15 is 0 Å². The Bertz CT molecular complexity index is 747. The molecule has 2 aromatic carbocycles. The van der Waals surface area contributed by atoms with Gasteiger partial charge in [0.2, 0.25) is 0 Å². The van der Waals surface area contributed by atoms with Crippen LogP contribution >= 0.6 is 28.1 Å². The number of hydrogen-bond donors (Lipinski definition) is 2. The molecule has 1 aliphatic heterocycles. The second kappa shape index (κ2) is 8.87. The first kappa shape index (κ1) is 19.2. The zero-order valence-corrected chi connectivity index (χ0v) is 17.7. The second-order valence-electron chi connectivity index (χ2n) is 7.12. The number of thiocarbonyl (C=S) groups is 1. The van der Waals surface area contributed by atoms with Crippen LogP contribution < -0.4 is 15.5 Å². The molecular weight excluding hydrogens is 406 g/mol. The molecule has 3 nitrogen and oxygen atoms in total. The number of nitrogens with zero attached hydrogens (tertiary/aromatic N) is 1. The molecule has 0 radical (unpaired) electrons. The molecule has 2 aromatic rings. The fourth-order valence-electron chi connectivity index (χ4n) is 3.41. The van der Waals surface area contributed by atoms with Crippen LogP contribution in [0.25, 0.3) is 0 Å². The van der Waals surface area contributed by atoms with Crippen molar-refractivity contribution in [3.63, 3.8) is 0 Å². The van der Waals surface area contributed by atoms with Gasteiger partial charge in [0.15, 0.2) is 5.11 Å². The summed E-state index contributed by atoms with van der Waals surface area (Å²) in [5.74, 6) is 0.783. The SMILES string of the molecule is C[C@@H]1CCCN(c2ccc([C@H](C)NC(=S)Nc3cccc(Br)c3)cc2)C1. The highest BCUT2D eigenvalue weighted by atomic mass is 79.9. The van der Waals surface area contributed by atoms with Crippen molar-refractivity contribution in [2.75, 3.05) is 23.3 Å². The highest BCUT2D eigenvalue weighted by molar-refractivity contribution is 9.10. The average molecular weight is 432 g/mol. The van der Waals surface area contributed by atoms with E-state index < -0.39 is 0 Å². The van der Waals surface area contributed by atoms with E-state index in [1.54, 1.807) is 0 Å². The summed E-state index contributed by atoms with van der Waals surface area (Å²) in [6.45, 7) is 6.80. The number of benzene rings is 2. The normalized spacial score (nSPS) is 18.3. The lowest BCUT2D eigenvalue weighted by atomic mass is 9.99. The number of hydrogen-bond acceptors (Lipinski definition) is 2. The molecule has 0 amide bonds. The molecule has 0 aromatic heterocycles. The van der Waals surface area contributed by atoms with Crippen molar-refractivity contribution in [3.8, 4) is 0 Å². The van der Waals surface area contributed by atoms with Crippen molar-refractivity contribution < 1.29 is 0 Å². The molecule has 3 rings (SSSR count). The van der Waals surface area contributed by atoms with Gasteiger partial charge in [-0.2, -0.15) is 0 Å². The Labute approximate surface area is 170 Å². The van der Waals surface area contributed by atoms with Crippen molar-refractivity contribution in [2.24, 2.45) is 5.92 Å². The van der Waals surface area contributed by atoms with E-state index in [9.17, 15) is 0 Å². The Morgan fingerprint density at radius 2 is 2.00 bits per heavy atom. The largest absolute Gasteiger partial charge is 0.371 e. The average Bonchev–Trinajstić information content (AvgIpc) is 2.61. The summed E-state index contributed by atoms with van der Waals surface area (Å²) in [7, 11) is 0. The third-order valence-electron chi connectivity index (χ3n) is 4.85. The summed E-state index contributed by atoms with van der Waals surface area (Å²) < 4.78 is 1.03. The van der Waals surface area contributed by atoms with E-state index in [0.29, 0.717) is 5.11 Å². The van der Waals surface area contributed by atoms with Gasteiger partial charge >= 0.3 is 0 Å². The van der Waals surface area contributed by atoms with E-state index in [4.69, 9.17) is 12.2 Å². The molecule has 1 fully saturated rings. The molecule has 26 heavy (non-hydrogen) atoms. The zero-order chi connectivity index (χ0) is 18.5. The molecule has 138 valence electrons. The molecule has 0 unspecified atom stereocenters. The van der Waals surface area contributed by atoms with Gasteiger partial charge < -0.3 is 15.5 Å². The third-order valence-corrected chi connectivity index (χ3v) is 5.56. The molecule has 1 saturated heterocycles. The maximum Gasteiger partial charge on any atom is 0.171 e. The Morgan fingerprint density at radius 1 is 1.23 bits per heavy atom.